The fourth-order valence-corrected chi connectivity index (χ4v) is 2.21. The molecule has 0 aliphatic rings. The second-order valence-electron chi connectivity index (χ2n) is 5.21. The third-order valence-corrected chi connectivity index (χ3v) is 3.29. The Hall–Kier alpha value is -2.38. The Balaban J connectivity index is 2.26. The molecule has 2 N–H and O–H groups in total. The fraction of sp³-hybridized carbons (Fsp3) is 0.250. The van der Waals surface area contributed by atoms with E-state index in [2.05, 4.69) is 0 Å². The van der Waals surface area contributed by atoms with Gasteiger partial charge in [-0.2, -0.15) is 26.3 Å². The summed E-state index contributed by atoms with van der Waals surface area (Å²) in [5, 5.41) is 0. The molecule has 0 aromatic heterocycles. The van der Waals surface area contributed by atoms with Gasteiger partial charge in [-0.1, -0.05) is 12.1 Å². The summed E-state index contributed by atoms with van der Waals surface area (Å²) in [6.07, 6.45) is -10.8. The zero-order valence-electron chi connectivity index (χ0n) is 12.4. The molecule has 24 heavy (non-hydrogen) atoms. The minimum Gasteiger partial charge on any atom is -0.457 e. The van der Waals surface area contributed by atoms with Gasteiger partial charge in [-0.15, -0.1) is 0 Å². The Morgan fingerprint density at radius 3 is 1.88 bits per heavy atom. The number of hydrogen-bond donors (Lipinski definition) is 1. The number of benzene rings is 2. The molecule has 0 heterocycles. The molecule has 2 aromatic rings. The van der Waals surface area contributed by atoms with E-state index in [0.29, 0.717) is 17.0 Å². The topological polar surface area (TPSA) is 35.2 Å². The zero-order chi connectivity index (χ0) is 18.1. The van der Waals surface area contributed by atoms with Crippen LogP contribution in [0.25, 0.3) is 0 Å². The third-order valence-electron chi connectivity index (χ3n) is 3.29. The molecule has 0 aliphatic heterocycles. The van der Waals surface area contributed by atoms with E-state index in [0.717, 1.165) is 24.3 Å². The van der Waals surface area contributed by atoms with Crippen LogP contribution in [0, 0.1) is 6.92 Å². The molecule has 0 spiro atoms. The molecule has 8 heteroatoms. The van der Waals surface area contributed by atoms with Crippen molar-refractivity contribution in [2.45, 2.75) is 25.2 Å². The Labute approximate surface area is 133 Å². The maximum atomic E-state index is 12.7. The summed E-state index contributed by atoms with van der Waals surface area (Å²) < 4.78 is 81.5. The molecule has 0 saturated heterocycles. The van der Waals surface area contributed by atoms with Gasteiger partial charge >= 0.3 is 12.4 Å². The Morgan fingerprint density at radius 2 is 1.42 bits per heavy atom. The minimum atomic E-state index is -5.42. The second kappa shape index (κ2) is 6.26. The van der Waals surface area contributed by atoms with Crippen LogP contribution in [0.1, 0.15) is 17.0 Å². The first-order chi connectivity index (χ1) is 11.0. The predicted octanol–water partition coefficient (Wildman–Crippen LogP) is 5.58. The maximum Gasteiger partial charge on any atom is 0.404 e. The average molecular weight is 349 g/mol. The van der Waals surface area contributed by atoms with Gasteiger partial charge in [0.25, 0.3) is 0 Å². The number of anilines is 1. The van der Waals surface area contributed by atoms with Gasteiger partial charge in [-0.25, -0.2) is 0 Å². The van der Waals surface area contributed by atoms with Crippen LogP contribution in [0.2, 0.25) is 0 Å². The summed E-state index contributed by atoms with van der Waals surface area (Å²) in [5.41, 5.74) is 5.89. The Bertz CT molecular complexity index is 692. The van der Waals surface area contributed by atoms with Crippen molar-refractivity contribution >= 4 is 5.69 Å². The van der Waals surface area contributed by atoms with Crippen LogP contribution in [0.3, 0.4) is 0 Å². The monoisotopic (exact) mass is 349 g/mol. The van der Waals surface area contributed by atoms with Gasteiger partial charge < -0.3 is 10.5 Å². The lowest BCUT2D eigenvalue weighted by Crippen LogP contribution is -2.34. The molecular formula is C16H13F6NO. The maximum absolute atomic E-state index is 12.7. The van der Waals surface area contributed by atoms with Crippen LogP contribution in [0.4, 0.5) is 32.0 Å². The van der Waals surface area contributed by atoms with Crippen molar-refractivity contribution < 1.29 is 31.1 Å². The molecule has 0 aliphatic carbocycles. The molecule has 0 unspecified atom stereocenters. The Kier molecular flexibility index (Phi) is 4.68. The molecular weight excluding hydrogens is 336 g/mol. The lowest BCUT2D eigenvalue weighted by Gasteiger charge is -2.23. The van der Waals surface area contributed by atoms with Gasteiger partial charge in [-0.3, -0.25) is 0 Å². The largest absolute Gasteiger partial charge is 0.457 e. The van der Waals surface area contributed by atoms with Crippen molar-refractivity contribution in [1.82, 2.24) is 0 Å². The van der Waals surface area contributed by atoms with Crippen molar-refractivity contribution in [1.29, 1.82) is 0 Å². The summed E-state index contributed by atoms with van der Waals surface area (Å²) in [7, 11) is 0. The molecule has 0 radical (unpaired) electrons. The van der Waals surface area contributed by atoms with Crippen LogP contribution < -0.4 is 10.5 Å². The number of rotatable bonds is 3. The van der Waals surface area contributed by atoms with Crippen LogP contribution in [0.15, 0.2) is 42.5 Å². The fourth-order valence-electron chi connectivity index (χ4n) is 2.21. The standard InChI is InChI=1S/C16H13F6NO/c1-9-8-11(23)4-7-13(9)24-12-5-2-10(3-6-12)14(15(17,18)19)16(20,21)22/h2-8,14H,23H2,1H3. The first-order valence-corrected chi connectivity index (χ1v) is 6.76. The quantitative estimate of drug-likeness (QED) is 0.580. The second-order valence-corrected chi connectivity index (χ2v) is 5.21. The van der Waals surface area contributed by atoms with Gasteiger partial charge in [0.1, 0.15) is 11.5 Å². The number of ether oxygens (including phenoxy) is 1. The normalized spacial score (nSPS) is 12.5. The molecule has 0 saturated carbocycles. The predicted molar refractivity (Wildman–Crippen MR) is 77.0 cm³/mol. The van der Waals surface area contributed by atoms with Gasteiger partial charge in [0.2, 0.25) is 0 Å². The van der Waals surface area contributed by atoms with Gasteiger partial charge in [0, 0.05) is 5.69 Å². The van der Waals surface area contributed by atoms with E-state index in [1.807, 2.05) is 0 Å². The van der Waals surface area contributed by atoms with Crippen molar-refractivity contribution in [3.8, 4) is 11.5 Å². The summed E-state index contributed by atoms with van der Waals surface area (Å²) in [5.74, 6) is -3.01. The highest BCUT2D eigenvalue weighted by atomic mass is 19.4. The summed E-state index contributed by atoms with van der Waals surface area (Å²) in [6, 6.07) is 8.41. The van der Waals surface area contributed by atoms with Gasteiger partial charge in [0.05, 0.1) is 0 Å². The van der Waals surface area contributed by atoms with E-state index in [1.165, 1.54) is 0 Å². The van der Waals surface area contributed by atoms with Crippen molar-refractivity contribution in [2.24, 2.45) is 0 Å². The summed E-state index contributed by atoms with van der Waals surface area (Å²) in [4.78, 5) is 0. The highest BCUT2D eigenvalue weighted by Gasteiger charge is 2.57. The summed E-state index contributed by atoms with van der Waals surface area (Å²) in [6.45, 7) is 1.71. The van der Waals surface area contributed by atoms with Gasteiger partial charge in [-0.05, 0) is 48.4 Å². The molecule has 2 rings (SSSR count). The smallest absolute Gasteiger partial charge is 0.404 e. The van der Waals surface area contributed by atoms with Crippen molar-refractivity contribution in [3.63, 3.8) is 0 Å². The lowest BCUT2D eigenvalue weighted by molar-refractivity contribution is -0.253. The molecule has 2 nitrogen and oxygen atoms in total. The van der Waals surface area contributed by atoms with Crippen LogP contribution >= 0.6 is 0 Å². The molecule has 0 fully saturated rings. The van der Waals surface area contributed by atoms with E-state index in [9.17, 15) is 26.3 Å². The molecule has 130 valence electrons. The van der Waals surface area contributed by atoms with Gasteiger partial charge in [0.15, 0.2) is 5.92 Å². The average Bonchev–Trinajstić information content (AvgIpc) is 2.41. The number of halogens is 6. The highest BCUT2D eigenvalue weighted by molar-refractivity contribution is 5.48. The van der Waals surface area contributed by atoms with Crippen molar-refractivity contribution in [3.05, 3.63) is 53.6 Å². The van der Waals surface area contributed by atoms with Crippen LogP contribution in [-0.2, 0) is 0 Å². The zero-order valence-corrected chi connectivity index (χ0v) is 12.4. The lowest BCUT2D eigenvalue weighted by atomic mass is 9.98. The molecule has 0 amide bonds. The molecule has 0 atom stereocenters. The van der Waals surface area contributed by atoms with E-state index in [-0.39, 0.29) is 5.75 Å². The minimum absolute atomic E-state index is 0.120. The van der Waals surface area contributed by atoms with E-state index in [4.69, 9.17) is 10.5 Å². The first kappa shape index (κ1) is 18.0. The summed E-state index contributed by atoms with van der Waals surface area (Å²) >= 11 is 0. The van der Waals surface area contributed by atoms with E-state index < -0.39 is 23.8 Å². The number of nitrogens with two attached hydrogens (primary N) is 1. The van der Waals surface area contributed by atoms with E-state index >= 15 is 0 Å². The number of aryl methyl sites for hydroxylation is 1. The molecule has 2 aromatic carbocycles. The SMILES string of the molecule is Cc1cc(N)ccc1Oc1ccc(C(C(F)(F)F)C(F)(F)F)cc1. The number of hydrogen-bond acceptors (Lipinski definition) is 2. The Morgan fingerprint density at radius 1 is 0.875 bits per heavy atom. The number of alkyl halides is 6. The highest BCUT2D eigenvalue weighted by Crippen LogP contribution is 2.46. The van der Waals surface area contributed by atoms with Crippen LogP contribution in [-0.4, -0.2) is 12.4 Å². The van der Waals surface area contributed by atoms with Crippen molar-refractivity contribution in [2.75, 3.05) is 5.73 Å². The number of nitrogen functional groups attached to an aromatic ring is 1. The first-order valence-electron chi connectivity index (χ1n) is 6.76. The molecule has 0 bridgehead atoms. The van der Waals surface area contributed by atoms with Crippen LogP contribution in [0.5, 0.6) is 11.5 Å². The third kappa shape index (κ3) is 4.12. The van der Waals surface area contributed by atoms with E-state index in [1.54, 1.807) is 25.1 Å².